The second-order valence-electron chi connectivity index (χ2n) is 9.04. The first-order valence-corrected chi connectivity index (χ1v) is 11.5. The Balaban J connectivity index is 1.41. The van der Waals surface area contributed by atoms with Crippen LogP contribution in [0.3, 0.4) is 0 Å². The third kappa shape index (κ3) is 3.94. The zero-order chi connectivity index (χ0) is 24.7. The molecule has 0 saturated carbocycles. The van der Waals surface area contributed by atoms with Gasteiger partial charge in [-0.3, -0.25) is 19.3 Å². The molecule has 2 N–H and O–H groups in total. The maximum atomic E-state index is 13.5. The quantitative estimate of drug-likeness (QED) is 0.655. The smallest absolute Gasteiger partial charge is 0.325 e. The molecule has 0 aromatic heterocycles. The van der Waals surface area contributed by atoms with Crippen LogP contribution in [-0.4, -0.2) is 54.5 Å². The standard InChI is InChI=1S/C25H26N4O6/c1-15-12-21(30)26-17-6-3-4-7-18(17)29(15)22(31)14-28-23(32)25(2,27-24(28)33)16-8-9-19-20(13-16)35-11-5-10-34-19/h3-4,6-9,13,15H,5,10-12,14H2,1-2H3,(H,26,30)(H,27,33)/t15-,25-/m0/s1. The Morgan fingerprint density at radius 1 is 1.09 bits per heavy atom. The number of fused-ring (bicyclic) bond motifs is 2. The van der Waals surface area contributed by atoms with Crippen LogP contribution in [0.5, 0.6) is 11.5 Å². The Kier molecular flexibility index (Phi) is 5.58. The van der Waals surface area contributed by atoms with Crippen molar-refractivity contribution in [2.24, 2.45) is 0 Å². The predicted octanol–water partition coefficient (Wildman–Crippen LogP) is 2.38. The fourth-order valence-corrected chi connectivity index (χ4v) is 4.69. The number of carbonyl (C=O) groups is 4. The Labute approximate surface area is 202 Å². The summed E-state index contributed by atoms with van der Waals surface area (Å²) in [6.07, 6.45) is 0.835. The summed E-state index contributed by atoms with van der Waals surface area (Å²) in [7, 11) is 0. The highest BCUT2D eigenvalue weighted by Crippen LogP contribution is 2.37. The molecule has 35 heavy (non-hydrogen) atoms. The summed E-state index contributed by atoms with van der Waals surface area (Å²) in [5.74, 6) is -0.138. The summed E-state index contributed by atoms with van der Waals surface area (Å²) in [5, 5.41) is 5.53. The van der Waals surface area contributed by atoms with E-state index in [2.05, 4.69) is 10.6 Å². The first-order chi connectivity index (χ1) is 16.8. The minimum absolute atomic E-state index is 0.0927. The largest absolute Gasteiger partial charge is 0.490 e. The van der Waals surface area contributed by atoms with Crippen molar-refractivity contribution in [2.75, 3.05) is 30.0 Å². The van der Waals surface area contributed by atoms with Crippen molar-refractivity contribution in [1.82, 2.24) is 10.2 Å². The van der Waals surface area contributed by atoms with E-state index in [0.29, 0.717) is 41.7 Å². The van der Waals surface area contributed by atoms with Crippen molar-refractivity contribution in [3.05, 3.63) is 48.0 Å². The molecule has 3 aliphatic heterocycles. The molecule has 2 aromatic rings. The Hall–Kier alpha value is -4.08. The van der Waals surface area contributed by atoms with Crippen LogP contribution >= 0.6 is 0 Å². The zero-order valence-corrected chi connectivity index (χ0v) is 19.5. The summed E-state index contributed by atoms with van der Waals surface area (Å²) in [5.41, 5.74) is 0.179. The van der Waals surface area contributed by atoms with Crippen LogP contribution < -0.4 is 25.0 Å². The number of benzene rings is 2. The molecule has 10 nitrogen and oxygen atoms in total. The Morgan fingerprint density at radius 2 is 1.83 bits per heavy atom. The first-order valence-electron chi connectivity index (χ1n) is 11.5. The fourth-order valence-electron chi connectivity index (χ4n) is 4.69. The minimum Gasteiger partial charge on any atom is -0.490 e. The number of urea groups is 1. The normalized spacial score (nSPS) is 23.7. The van der Waals surface area contributed by atoms with Crippen molar-refractivity contribution in [2.45, 2.75) is 38.3 Å². The maximum Gasteiger partial charge on any atom is 0.325 e. The molecule has 3 heterocycles. The van der Waals surface area contributed by atoms with Gasteiger partial charge in [0.1, 0.15) is 12.1 Å². The number of ether oxygens (including phenoxy) is 2. The van der Waals surface area contributed by atoms with Crippen LogP contribution in [0.15, 0.2) is 42.5 Å². The molecule has 10 heteroatoms. The lowest BCUT2D eigenvalue weighted by molar-refractivity contribution is -0.134. The van der Waals surface area contributed by atoms with E-state index in [9.17, 15) is 19.2 Å². The molecule has 0 radical (unpaired) electrons. The number of para-hydroxylation sites is 2. The van der Waals surface area contributed by atoms with Gasteiger partial charge in [-0.05, 0) is 43.7 Å². The second kappa shape index (κ2) is 8.61. The van der Waals surface area contributed by atoms with Crippen LogP contribution in [0, 0.1) is 0 Å². The highest BCUT2D eigenvalue weighted by Gasteiger charge is 2.50. The van der Waals surface area contributed by atoms with Gasteiger partial charge in [-0.1, -0.05) is 18.2 Å². The van der Waals surface area contributed by atoms with Gasteiger partial charge in [0.25, 0.3) is 5.91 Å². The topological polar surface area (TPSA) is 117 Å². The molecule has 5 rings (SSSR count). The van der Waals surface area contributed by atoms with E-state index < -0.39 is 36.0 Å². The van der Waals surface area contributed by atoms with Gasteiger partial charge in [-0.15, -0.1) is 0 Å². The van der Waals surface area contributed by atoms with Crippen LogP contribution in [0.25, 0.3) is 0 Å². The maximum absolute atomic E-state index is 13.5. The molecule has 5 amide bonds. The van der Waals surface area contributed by atoms with Gasteiger partial charge >= 0.3 is 6.03 Å². The SMILES string of the molecule is C[C@H]1CC(=O)Nc2ccccc2N1C(=O)CN1C(=O)N[C@@](C)(c2ccc3c(c2)OCCCO3)C1=O. The summed E-state index contributed by atoms with van der Waals surface area (Å²) < 4.78 is 11.4. The number of imide groups is 1. The average Bonchev–Trinajstić information content (AvgIpc) is 3.02. The van der Waals surface area contributed by atoms with Crippen molar-refractivity contribution in [1.29, 1.82) is 0 Å². The lowest BCUT2D eigenvalue weighted by Crippen LogP contribution is -2.47. The van der Waals surface area contributed by atoms with Gasteiger partial charge in [0.05, 0.1) is 24.6 Å². The van der Waals surface area contributed by atoms with Crippen LogP contribution in [-0.2, 0) is 19.9 Å². The molecule has 0 bridgehead atoms. The van der Waals surface area contributed by atoms with E-state index in [1.165, 1.54) is 4.90 Å². The van der Waals surface area contributed by atoms with E-state index >= 15 is 0 Å². The summed E-state index contributed by atoms with van der Waals surface area (Å²) >= 11 is 0. The first kappa shape index (κ1) is 22.7. The summed E-state index contributed by atoms with van der Waals surface area (Å²) in [6.45, 7) is 3.92. The third-order valence-electron chi connectivity index (χ3n) is 6.52. The molecule has 1 fully saturated rings. The molecule has 0 spiro atoms. The lowest BCUT2D eigenvalue weighted by Gasteiger charge is -2.29. The van der Waals surface area contributed by atoms with E-state index in [1.54, 1.807) is 56.3 Å². The summed E-state index contributed by atoms with van der Waals surface area (Å²) in [4.78, 5) is 54.4. The van der Waals surface area contributed by atoms with Crippen molar-refractivity contribution in [3.63, 3.8) is 0 Å². The molecular formula is C25H26N4O6. The number of nitrogens with zero attached hydrogens (tertiary/aromatic N) is 2. The van der Waals surface area contributed by atoms with Gasteiger partial charge in [0.15, 0.2) is 11.5 Å². The van der Waals surface area contributed by atoms with Gasteiger partial charge in [0.2, 0.25) is 11.8 Å². The Morgan fingerprint density at radius 3 is 2.63 bits per heavy atom. The van der Waals surface area contributed by atoms with Crippen molar-refractivity contribution < 1.29 is 28.7 Å². The number of anilines is 2. The number of nitrogens with one attached hydrogen (secondary N) is 2. The summed E-state index contributed by atoms with van der Waals surface area (Å²) in [6, 6.07) is 10.9. The van der Waals surface area contributed by atoms with E-state index in [1.807, 2.05) is 0 Å². The number of amides is 5. The molecule has 2 aromatic carbocycles. The molecule has 0 aliphatic carbocycles. The van der Waals surface area contributed by atoms with Crippen LogP contribution in [0.4, 0.5) is 16.2 Å². The van der Waals surface area contributed by atoms with Crippen molar-refractivity contribution in [3.8, 4) is 11.5 Å². The van der Waals surface area contributed by atoms with Crippen LogP contribution in [0.1, 0.15) is 32.3 Å². The molecule has 0 unspecified atom stereocenters. The van der Waals surface area contributed by atoms with E-state index in [0.717, 1.165) is 11.3 Å². The number of carbonyl (C=O) groups excluding carboxylic acids is 4. The average molecular weight is 479 g/mol. The van der Waals surface area contributed by atoms with E-state index in [4.69, 9.17) is 9.47 Å². The van der Waals surface area contributed by atoms with Gasteiger partial charge in [-0.25, -0.2) is 4.79 Å². The fraction of sp³-hybridized carbons (Fsp3) is 0.360. The van der Waals surface area contributed by atoms with E-state index in [-0.39, 0.29) is 12.3 Å². The molecule has 2 atom stereocenters. The van der Waals surface area contributed by atoms with Gasteiger partial charge in [0, 0.05) is 18.9 Å². The zero-order valence-electron chi connectivity index (χ0n) is 19.5. The van der Waals surface area contributed by atoms with Crippen LogP contribution in [0.2, 0.25) is 0 Å². The number of hydrogen-bond donors (Lipinski definition) is 2. The Bertz CT molecular complexity index is 1230. The predicted molar refractivity (Wildman–Crippen MR) is 126 cm³/mol. The monoisotopic (exact) mass is 478 g/mol. The lowest BCUT2D eigenvalue weighted by atomic mass is 9.91. The molecule has 182 valence electrons. The second-order valence-corrected chi connectivity index (χ2v) is 9.04. The number of rotatable bonds is 3. The molecular weight excluding hydrogens is 452 g/mol. The molecule has 1 saturated heterocycles. The third-order valence-corrected chi connectivity index (χ3v) is 6.52. The highest BCUT2D eigenvalue weighted by molar-refractivity contribution is 6.12. The highest BCUT2D eigenvalue weighted by atomic mass is 16.5. The van der Waals surface area contributed by atoms with Gasteiger partial charge < -0.3 is 25.0 Å². The number of hydrogen-bond acceptors (Lipinski definition) is 6. The van der Waals surface area contributed by atoms with Gasteiger partial charge in [-0.2, -0.15) is 0 Å². The minimum atomic E-state index is -1.37. The van der Waals surface area contributed by atoms with Crippen molar-refractivity contribution >= 4 is 35.1 Å². The molecule has 3 aliphatic rings.